The molecular formula is C26H27N3O4S. The van der Waals surface area contributed by atoms with Gasteiger partial charge in [0.2, 0.25) is 0 Å². The fourth-order valence-corrected chi connectivity index (χ4v) is 3.32. The predicted octanol–water partition coefficient (Wildman–Crippen LogP) is 3.64. The van der Waals surface area contributed by atoms with Crippen molar-refractivity contribution in [3.05, 3.63) is 95.1 Å². The highest BCUT2D eigenvalue weighted by Crippen LogP contribution is 2.19. The number of para-hydroxylation sites is 1. The molecule has 0 aliphatic heterocycles. The van der Waals surface area contributed by atoms with Gasteiger partial charge >= 0.3 is 0 Å². The van der Waals surface area contributed by atoms with Crippen LogP contribution in [0, 0.1) is 13.8 Å². The molecule has 3 N–H and O–H groups in total. The van der Waals surface area contributed by atoms with E-state index in [0.717, 1.165) is 16.7 Å². The number of rotatable bonds is 8. The van der Waals surface area contributed by atoms with Gasteiger partial charge in [0, 0.05) is 6.42 Å². The molecule has 3 aromatic carbocycles. The van der Waals surface area contributed by atoms with Crippen LogP contribution in [-0.4, -0.2) is 30.1 Å². The van der Waals surface area contributed by atoms with Crippen LogP contribution in [0.4, 0.5) is 0 Å². The van der Waals surface area contributed by atoms with Gasteiger partial charge in [-0.15, -0.1) is 0 Å². The second kappa shape index (κ2) is 12.4. The van der Waals surface area contributed by atoms with Gasteiger partial charge in [-0.05, 0) is 55.4 Å². The minimum absolute atomic E-state index is 0.0519. The number of ether oxygens (including phenoxy) is 2. The molecule has 0 heterocycles. The van der Waals surface area contributed by atoms with Crippen molar-refractivity contribution in [1.29, 1.82) is 0 Å². The van der Waals surface area contributed by atoms with Crippen molar-refractivity contribution in [1.82, 2.24) is 16.2 Å². The molecule has 3 rings (SSSR count). The van der Waals surface area contributed by atoms with E-state index in [4.69, 9.17) is 21.7 Å². The van der Waals surface area contributed by atoms with Gasteiger partial charge < -0.3 is 9.47 Å². The summed E-state index contributed by atoms with van der Waals surface area (Å²) in [6, 6.07) is 22.5. The van der Waals surface area contributed by atoms with Gasteiger partial charge in [0.25, 0.3) is 11.8 Å². The normalized spacial score (nSPS) is 10.2. The Hall–Kier alpha value is -3.91. The minimum Gasteiger partial charge on any atom is -0.492 e. The summed E-state index contributed by atoms with van der Waals surface area (Å²) in [7, 11) is 0. The average molecular weight is 478 g/mol. The smallest absolute Gasteiger partial charge is 0.276 e. The van der Waals surface area contributed by atoms with Crippen molar-refractivity contribution in [2.24, 2.45) is 0 Å². The standard InChI is InChI=1S/C26H27N3O4S/c1-18-12-13-22(19(2)16-18)33-17-24(30)28-29-26(34)27-25(31)21-10-6-7-11-23(21)32-15-14-20-8-4-3-5-9-20/h3-13,16H,14-15,17H2,1-2H3,(H,28,30)(H2,27,29,31,34). The van der Waals surface area contributed by atoms with Crippen molar-refractivity contribution < 1.29 is 19.1 Å². The molecule has 0 atom stereocenters. The molecule has 0 fully saturated rings. The maximum Gasteiger partial charge on any atom is 0.276 e. The number of aryl methyl sites for hydroxylation is 2. The molecule has 7 nitrogen and oxygen atoms in total. The van der Waals surface area contributed by atoms with E-state index in [1.54, 1.807) is 24.3 Å². The number of hydrazine groups is 1. The van der Waals surface area contributed by atoms with Crippen molar-refractivity contribution in [2.75, 3.05) is 13.2 Å². The fraction of sp³-hybridized carbons (Fsp3) is 0.192. The Morgan fingerprint density at radius 2 is 1.59 bits per heavy atom. The summed E-state index contributed by atoms with van der Waals surface area (Å²) in [5.74, 6) is 0.181. The van der Waals surface area contributed by atoms with Crippen LogP contribution in [0.1, 0.15) is 27.0 Å². The Kier molecular flexibility index (Phi) is 8.99. The van der Waals surface area contributed by atoms with Crippen LogP contribution in [0.3, 0.4) is 0 Å². The maximum absolute atomic E-state index is 12.7. The third-order valence-corrected chi connectivity index (χ3v) is 5.06. The zero-order valence-electron chi connectivity index (χ0n) is 19.1. The van der Waals surface area contributed by atoms with E-state index in [1.165, 1.54) is 0 Å². The zero-order chi connectivity index (χ0) is 24.3. The first-order valence-corrected chi connectivity index (χ1v) is 11.2. The lowest BCUT2D eigenvalue weighted by Gasteiger charge is -2.14. The van der Waals surface area contributed by atoms with E-state index in [2.05, 4.69) is 16.2 Å². The van der Waals surface area contributed by atoms with Crippen molar-refractivity contribution >= 4 is 29.1 Å². The summed E-state index contributed by atoms with van der Waals surface area (Å²) in [6.07, 6.45) is 0.715. The highest BCUT2D eigenvalue weighted by Gasteiger charge is 2.14. The molecule has 0 bridgehead atoms. The van der Waals surface area contributed by atoms with Crippen LogP contribution < -0.4 is 25.6 Å². The summed E-state index contributed by atoms with van der Waals surface area (Å²) in [6.45, 7) is 4.11. The van der Waals surface area contributed by atoms with Crippen LogP contribution in [-0.2, 0) is 11.2 Å². The summed E-state index contributed by atoms with van der Waals surface area (Å²) in [5.41, 5.74) is 8.44. The Balaban J connectivity index is 1.44. The van der Waals surface area contributed by atoms with Crippen molar-refractivity contribution in [3.8, 4) is 11.5 Å². The molecule has 0 saturated carbocycles. The Labute approximate surface area is 204 Å². The molecule has 8 heteroatoms. The SMILES string of the molecule is Cc1ccc(OCC(=O)NNC(=S)NC(=O)c2ccccc2OCCc2ccccc2)c(C)c1. The number of hydrogen-bond donors (Lipinski definition) is 3. The molecule has 34 heavy (non-hydrogen) atoms. The average Bonchev–Trinajstić information content (AvgIpc) is 2.83. The number of carbonyl (C=O) groups excluding carboxylic acids is 2. The fourth-order valence-electron chi connectivity index (χ4n) is 3.17. The molecule has 0 spiro atoms. The maximum atomic E-state index is 12.7. The molecule has 0 unspecified atom stereocenters. The van der Waals surface area contributed by atoms with Gasteiger partial charge in [0.05, 0.1) is 12.2 Å². The molecule has 0 saturated heterocycles. The molecular weight excluding hydrogens is 450 g/mol. The number of nitrogens with one attached hydrogen (secondary N) is 3. The monoisotopic (exact) mass is 477 g/mol. The molecule has 2 amide bonds. The van der Waals surface area contributed by atoms with E-state index in [-0.39, 0.29) is 11.7 Å². The molecule has 3 aromatic rings. The number of thiocarbonyl (C=S) groups is 1. The molecule has 0 aliphatic carbocycles. The van der Waals surface area contributed by atoms with Crippen LogP contribution in [0.25, 0.3) is 0 Å². The Morgan fingerprint density at radius 3 is 2.35 bits per heavy atom. The topological polar surface area (TPSA) is 88.7 Å². The summed E-state index contributed by atoms with van der Waals surface area (Å²) < 4.78 is 11.3. The van der Waals surface area contributed by atoms with E-state index >= 15 is 0 Å². The lowest BCUT2D eigenvalue weighted by atomic mass is 10.1. The second-order valence-corrected chi connectivity index (χ2v) is 8.00. The third kappa shape index (κ3) is 7.60. The lowest BCUT2D eigenvalue weighted by Crippen LogP contribution is -2.49. The van der Waals surface area contributed by atoms with Crippen LogP contribution in [0.2, 0.25) is 0 Å². The van der Waals surface area contributed by atoms with E-state index in [0.29, 0.717) is 30.1 Å². The molecule has 0 aromatic heterocycles. The third-order valence-electron chi connectivity index (χ3n) is 4.85. The van der Waals surface area contributed by atoms with Crippen molar-refractivity contribution in [3.63, 3.8) is 0 Å². The zero-order valence-corrected chi connectivity index (χ0v) is 19.9. The minimum atomic E-state index is -0.450. The van der Waals surface area contributed by atoms with E-state index < -0.39 is 11.8 Å². The van der Waals surface area contributed by atoms with Crippen LogP contribution >= 0.6 is 12.2 Å². The van der Waals surface area contributed by atoms with E-state index in [1.807, 2.05) is 62.4 Å². The summed E-state index contributed by atoms with van der Waals surface area (Å²) in [5, 5.41) is 2.48. The summed E-state index contributed by atoms with van der Waals surface area (Å²) in [4.78, 5) is 24.7. The predicted molar refractivity (Wildman–Crippen MR) is 135 cm³/mol. The van der Waals surface area contributed by atoms with Crippen LogP contribution in [0.15, 0.2) is 72.8 Å². The second-order valence-electron chi connectivity index (χ2n) is 7.59. The number of carbonyl (C=O) groups is 2. The largest absolute Gasteiger partial charge is 0.492 e. The number of benzene rings is 3. The van der Waals surface area contributed by atoms with Gasteiger partial charge in [0.1, 0.15) is 11.5 Å². The lowest BCUT2D eigenvalue weighted by molar-refractivity contribution is -0.123. The van der Waals surface area contributed by atoms with Crippen molar-refractivity contribution in [2.45, 2.75) is 20.3 Å². The van der Waals surface area contributed by atoms with Gasteiger partial charge in [0.15, 0.2) is 11.7 Å². The van der Waals surface area contributed by atoms with Gasteiger partial charge in [-0.2, -0.15) is 0 Å². The highest BCUT2D eigenvalue weighted by molar-refractivity contribution is 7.80. The number of amides is 2. The quantitative estimate of drug-likeness (QED) is 0.339. The summed E-state index contributed by atoms with van der Waals surface area (Å²) >= 11 is 5.12. The first-order valence-electron chi connectivity index (χ1n) is 10.8. The Bertz CT molecular complexity index is 1150. The van der Waals surface area contributed by atoms with Gasteiger partial charge in [-0.3, -0.25) is 25.8 Å². The van der Waals surface area contributed by atoms with E-state index in [9.17, 15) is 9.59 Å². The Morgan fingerprint density at radius 1 is 0.853 bits per heavy atom. The molecule has 176 valence electrons. The highest BCUT2D eigenvalue weighted by atomic mass is 32.1. The number of hydrogen-bond acceptors (Lipinski definition) is 5. The molecule has 0 aliphatic rings. The van der Waals surface area contributed by atoms with Crippen LogP contribution in [0.5, 0.6) is 11.5 Å². The first kappa shape index (κ1) is 24.7. The molecule has 0 radical (unpaired) electrons. The first-order chi connectivity index (χ1) is 16.4. The van der Waals surface area contributed by atoms with Gasteiger partial charge in [-0.1, -0.05) is 60.2 Å². The van der Waals surface area contributed by atoms with Gasteiger partial charge in [-0.25, -0.2) is 0 Å².